The number of carbonyl (C=O) groups is 3. The van der Waals surface area contributed by atoms with Gasteiger partial charge in [0.2, 0.25) is 5.91 Å². The lowest BCUT2D eigenvalue weighted by atomic mass is 9.94. The molecule has 1 aromatic carbocycles. The molecule has 242 valence electrons. The molecule has 1 saturated heterocycles. The van der Waals surface area contributed by atoms with E-state index in [-0.39, 0.29) is 36.5 Å². The molecule has 2 aliphatic heterocycles. The van der Waals surface area contributed by atoms with Crippen LogP contribution in [0, 0.1) is 6.92 Å². The highest BCUT2D eigenvalue weighted by atomic mass is 16.7. The van der Waals surface area contributed by atoms with Crippen molar-refractivity contribution in [3.63, 3.8) is 0 Å². The Morgan fingerprint density at radius 2 is 1.89 bits per heavy atom. The van der Waals surface area contributed by atoms with Crippen LogP contribution in [0.25, 0.3) is 11.0 Å². The molecule has 0 bridgehead atoms. The number of rotatable bonds is 12. The number of nitrogens with two attached hydrogens (primary N) is 1. The van der Waals surface area contributed by atoms with Crippen molar-refractivity contribution < 1.29 is 48.3 Å². The van der Waals surface area contributed by atoms with E-state index in [0.29, 0.717) is 54.4 Å². The second-order valence-corrected chi connectivity index (χ2v) is 11.7. The minimum atomic E-state index is -1.58. The van der Waals surface area contributed by atoms with Gasteiger partial charge in [-0.3, -0.25) is 9.59 Å². The first kappa shape index (κ1) is 32.5. The first-order valence-corrected chi connectivity index (χ1v) is 15.1. The van der Waals surface area contributed by atoms with Crippen LogP contribution in [0.15, 0.2) is 51.2 Å². The van der Waals surface area contributed by atoms with E-state index in [0.717, 1.165) is 5.57 Å². The highest BCUT2D eigenvalue weighted by molar-refractivity contribution is 5.87. The van der Waals surface area contributed by atoms with Crippen LogP contribution in [0.1, 0.15) is 49.7 Å². The first-order valence-electron chi connectivity index (χ1n) is 15.1. The lowest BCUT2D eigenvalue weighted by Crippen LogP contribution is -2.59. The predicted molar refractivity (Wildman–Crippen MR) is 160 cm³/mol. The number of carbonyl (C=O) groups excluding carboxylic acids is 3. The van der Waals surface area contributed by atoms with Crippen molar-refractivity contribution in [1.29, 1.82) is 0 Å². The molecular formula is C32H38N2O11. The maximum absolute atomic E-state index is 12.7. The minimum absolute atomic E-state index is 0.120. The molecule has 5 rings (SSSR count). The molecule has 45 heavy (non-hydrogen) atoms. The Morgan fingerprint density at radius 3 is 2.69 bits per heavy atom. The monoisotopic (exact) mass is 626 g/mol. The largest absolute Gasteiger partial charge is 0.454 e. The molecule has 0 radical (unpaired) electrons. The van der Waals surface area contributed by atoms with E-state index >= 15 is 0 Å². The number of ether oxygens (including phenoxy) is 3. The molecule has 0 unspecified atom stereocenters. The van der Waals surface area contributed by atoms with Gasteiger partial charge in [-0.15, -0.1) is 0 Å². The van der Waals surface area contributed by atoms with Gasteiger partial charge in [0.05, 0.1) is 24.2 Å². The topological polar surface area (TPSA) is 208 Å². The number of esters is 1. The number of unbranched alkanes of at least 4 members (excludes halogenated alkanes) is 2. The van der Waals surface area contributed by atoms with Crippen molar-refractivity contribution in [2.75, 3.05) is 12.3 Å². The standard InChI is InChI=1S/C32H38N2O11/c1-16-21-9-7-18(33)12-24(21)44-31(41)22(16)15-26(36)34-10-4-2-3-5-19(35)13-25-28(38)29(39)30(40)32(45-25)42-20-8-6-17-11-27(37)43-23(17)14-20/h6-9,11-12,20,23,25,28-30,32,38-40H,2-5,10,13-15,33H2,1H3,(H,34,36)/t20-,23-,25-,28+,29+,30-,32-/m1/s1. The summed E-state index contributed by atoms with van der Waals surface area (Å²) in [5, 5.41) is 34.7. The third-order valence-electron chi connectivity index (χ3n) is 8.37. The van der Waals surface area contributed by atoms with Crippen LogP contribution in [0.2, 0.25) is 0 Å². The van der Waals surface area contributed by atoms with E-state index in [1.54, 1.807) is 37.3 Å². The Kier molecular flexibility index (Phi) is 10.1. The van der Waals surface area contributed by atoms with E-state index in [4.69, 9.17) is 24.4 Å². The molecule has 1 fully saturated rings. The number of anilines is 1. The van der Waals surface area contributed by atoms with E-state index in [2.05, 4.69) is 5.32 Å². The first-order chi connectivity index (χ1) is 21.5. The van der Waals surface area contributed by atoms with E-state index < -0.39 is 54.5 Å². The Bertz CT molecular complexity index is 1560. The Labute approximate surface area is 258 Å². The van der Waals surface area contributed by atoms with Crippen molar-refractivity contribution in [1.82, 2.24) is 5.32 Å². The second kappa shape index (κ2) is 14.0. The molecule has 13 nitrogen and oxygen atoms in total. The third-order valence-corrected chi connectivity index (χ3v) is 8.37. The summed E-state index contributed by atoms with van der Waals surface area (Å²) in [6.07, 6.45) is -1.29. The van der Waals surface area contributed by atoms with Crippen LogP contribution < -0.4 is 16.7 Å². The maximum atomic E-state index is 12.7. The Balaban J connectivity index is 1.02. The molecule has 1 aromatic heterocycles. The van der Waals surface area contributed by atoms with E-state index in [1.807, 2.05) is 0 Å². The zero-order chi connectivity index (χ0) is 32.2. The van der Waals surface area contributed by atoms with Gasteiger partial charge in [0.25, 0.3) is 0 Å². The van der Waals surface area contributed by atoms with Crippen LogP contribution >= 0.6 is 0 Å². The number of hydrogen-bond acceptors (Lipinski definition) is 12. The number of hydrogen-bond donors (Lipinski definition) is 5. The highest BCUT2D eigenvalue weighted by Gasteiger charge is 2.46. The Morgan fingerprint density at radius 1 is 1.09 bits per heavy atom. The number of aryl methyl sites for hydroxylation is 1. The summed E-state index contributed by atoms with van der Waals surface area (Å²) in [5.41, 5.74) is 7.70. The molecule has 13 heteroatoms. The summed E-state index contributed by atoms with van der Waals surface area (Å²) < 4.78 is 22.1. The SMILES string of the molecule is Cc1c(CC(=O)NCCCCCC(=O)C[C@H]2O[C@@H](O[C@@H]3C=CC4=CC(=O)O[C@@H]4C3)[C@H](O)[C@@H](O)[C@H]2O)c(=O)oc2cc(N)ccc12. The van der Waals surface area contributed by atoms with Gasteiger partial charge in [-0.1, -0.05) is 18.6 Å². The van der Waals surface area contributed by atoms with Gasteiger partial charge < -0.3 is 45.0 Å². The van der Waals surface area contributed by atoms with E-state index in [9.17, 15) is 34.5 Å². The summed E-state index contributed by atoms with van der Waals surface area (Å²) >= 11 is 0. The predicted octanol–water partition coefficient (Wildman–Crippen LogP) is 0.866. The number of fused-ring (bicyclic) bond motifs is 2. The van der Waals surface area contributed by atoms with Crippen LogP contribution in [0.5, 0.6) is 0 Å². The van der Waals surface area contributed by atoms with Crippen LogP contribution in [-0.4, -0.2) is 82.4 Å². The number of nitrogens with one attached hydrogen (secondary N) is 1. The van der Waals surface area contributed by atoms with Gasteiger partial charge in [0, 0.05) is 49.0 Å². The summed E-state index contributed by atoms with van der Waals surface area (Å²) in [6, 6.07) is 5.02. The lowest BCUT2D eigenvalue weighted by molar-refractivity contribution is -0.304. The summed E-state index contributed by atoms with van der Waals surface area (Å²) in [7, 11) is 0. The van der Waals surface area contributed by atoms with Gasteiger partial charge in [0.1, 0.15) is 35.8 Å². The lowest BCUT2D eigenvalue weighted by Gasteiger charge is -2.41. The number of Topliss-reactive ketones (excluding diaryl/α,β-unsaturated/α-hetero) is 1. The second-order valence-electron chi connectivity index (χ2n) is 11.7. The van der Waals surface area contributed by atoms with Gasteiger partial charge in [-0.05, 0) is 43.0 Å². The fraction of sp³-hybridized carbons (Fsp3) is 0.500. The summed E-state index contributed by atoms with van der Waals surface area (Å²) in [5.74, 6) is -0.955. The van der Waals surface area contributed by atoms with Crippen LogP contribution in [0.4, 0.5) is 5.69 Å². The number of aliphatic hydroxyl groups is 3. The molecule has 3 aliphatic rings. The Hall–Kier alpha value is -3.88. The number of benzene rings is 1. The van der Waals surface area contributed by atoms with Crippen LogP contribution in [-0.2, 0) is 35.0 Å². The molecule has 0 saturated carbocycles. The average Bonchev–Trinajstić information content (AvgIpc) is 3.37. The normalized spacial score (nSPS) is 27.6. The molecule has 1 amide bonds. The van der Waals surface area contributed by atoms with Crippen molar-refractivity contribution >= 4 is 34.3 Å². The van der Waals surface area contributed by atoms with Gasteiger partial charge in [0.15, 0.2) is 6.29 Å². The molecule has 7 atom stereocenters. The fourth-order valence-electron chi connectivity index (χ4n) is 5.81. The quantitative estimate of drug-likeness (QED) is 0.0962. The average molecular weight is 627 g/mol. The van der Waals surface area contributed by atoms with Crippen molar-refractivity contribution in [2.45, 2.75) is 94.8 Å². The molecule has 6 N–H and O–H groups in total. The van der Waals surface area contributed by atoms with Gasteiger partial charge >= 0.3 is 11.6 Å². The zero-order valence-corrected chi connectivity index (χ0v) is 24.8. The molecule has 1 aliphatic carbocycles. The summed E-state index contributed by atoms with van der Waals surface area (Å²) in [4.78, 5) is 49.1. The fourth-order valence-corrected chi connectivity index (χ4v) is 5.81. The minimum Gasteiger partial charge on any atom is -0.454 e. The molecule has 2 aromatic rings. The number of ketones is 1. The smallest absolute Gasteiger partial charge is 0.340 e. The van der Waals surface area contributed by atoms with Crippen molar-refractivity contribution in [3.8, 4) is 0 Å². The van der Waals surface area contributed by atoms with Crippen molar-refractivity contribution in [3.05, 3.63) is 63.5 Å². The van der Waals surface area contributed by atoms with Gasteiger partial charge in [-0.2, -0.15) is 0 Å². The van der Waals surface area contributed by atoms with Crippen LogP contribution in [0.3, 0.4) is 0 Å². The number of amides is 1. The number of aliphatic hydroxyl groups excluding tert-OH is 3. The molecular weight excluding hydrogens is 588 g/mol. The highest BCUT2D eigenvalue weighted by Crippen LogP contribution is 2.31. The zero-order valence-electron chi connectivity index (χ0n) is 24.8. The third kappa shape index (κ3) is 7.68. The van der Waals surface area contributed by atoms with Gasteiger partial charge in [-0.25, -0.2) is 9.59 Å². The van der Waals surface area contributed by atoms with Crippen molar-refractivity contribution in [2.24, 2.45) is 0 Å². The maximum Gasteiger partial charge on any atom is 0.340 e. The molecule has 3 heterocycles. The molecule has 0 spiro atoms. The number of nitrogen functional groups attached to an aromatic ring is 1. The van der Waals surface area contributed by atoms with E-state index in [1.165, 1.54) is 6.08 Å². The summed E-state index contributed by atoms with van der Waals surface area (Å²) in [6.45, 7) is 2.13.